The van der Waals surface area contributed by atoms with Crippen LogP contribution in [0.3, 0.4) is 0 Å². The van der Waals surface area contributed by atoms with E-state index in [2.05, 4.69) is 4.72 Å². The third-order valence-electron chi connectivity index (χ3n) is 2.46. The first-order valence-corrected chi connectivity index (χ1v) is 7.01. The third kappa shape index (κ3) is 3.14. The average Bonchev–Trinajstić information content (AvgIpc) is 2.91. The Labute approximate surface area is 119 Å². The van der Waals surface area contributed by atoms with Gasteiger partial charge in [-0.2, -0.15) is 8.42 Å². The van der Waals surface area contributed by atoms with Gasteiger partial charge >= 0.3 is 5.97 Å². The molecule has 0 saturated carbocycles. The van der Waals surface area contributed by atoms with Gasteiger partial charge in [-0.3, -0.25) is 4.72 Å². The van der Waals surface area contributed by atoms with E-state index in [4.69, 9.17) is 14.3 Å². The molecule has 7 nitrogen and oxygen atoms in total. The lowest BCUT2D eigenvalue weighted by atomic mass is 10.3. The fourth-order valence-corrected chi connectivity index (χ4v) is 2.49. The summed E-state index contributed by atoms with van der Waals surface area (Å²) in [5.74, 6) is -2.68. The Morgan fingerprint density at radius 2 is 2.05 bits per heavy atom. The van der Waals surface area contributed by atoms with Gasteiger partial charge in [0.25, 0.3) is 10.0 Å². The molecule has 2 aromatic rings. The Morgan fingerprint density at radius 3 is 2.62 bits per heavy atom. The maximum Gasteiger partial charge on any atom is 0.371 e. The van der Waals surface area contributed by atoms with Crippen LogP contribution in [0.1, 0.15) is 10.6 Å². The number of halogens is 1. The van der Waals surface area contributed by atoms with Crippen LogP contribution in [0.25, 0.3) is 0 Å². The summed E-state index contributed by atoms with van der Waals surface area (Å²) in [6.07, 6.45) is 0. The van der Waals surface area contributed by atoms with E-state index in [0.717, 1.165) is 24.3 Å². The van der Waals surface area contributed by atoms with Crippen LogP contribution in [-0.2, 0) is 10.0 Å². The average molecular weight is 315 g/mol. The van der Waals surface area contributed by atoms with Crippen molar-refractivity contribution >= 4 is 21.7 Å². The Hall–Kier alpha value is -2.55. The number of ether oxygens (including phenoxy) is 1. The number of carboxylic acid groups (broad SMARTS) is 1. The molecule has 1 aromatic heterocycles. The Balaban J connectivity index is 2.30. The smallest absolute Gasteiger partial charge is 0.371 e. The van der Waals surface area contributed by atoms with Crippen LogP contribution >= 0.6 is 0 Å². The lowest BCUT2D eigenvalue weighted by Gasteiger charge is -2.08. The minimum Gasteiger partial charge on any atom is -0.494 e. The molecule has 0 spiro atoms. The summed E-state index contributed by atoms with van der Waals surface area (Å²) in [5.41, 5.74) is 0.0431. The fourth-order valence-electron chi connectivity index (χ4n) is 1.51. The van der Waals surface area contributed by atoms with Gasteiger partial charge < -0.3 is 14.3 Å². The van der Waals surface area contributed by atoms with Gasteiger partial charge in [0, 0.05) is 6.07 Å². The molecule has 0 aliphatic rings. The number of rotatable bonds is 5. The zero-order valence-corrected chi connectivity index (χ0v) is 11.5. The first-order chi connectivity index (χ1) is 9.83. The van der Waals surface area contributed by atoms with Crippen molar-refractivity contribution in [2.75, 3.05) is 11.8 Å². The number of hydrogen-bond acceptors (Lipinski definition) is 5. The van der Waals surface area contributed by atoms with Crippen LogP contribution in [0, 0.1) is 5.82 Å². The Morgan fingerprint density at radius 1 is 1.33 bits per heavy atom. The van der Waals surface area contributed by atoms with Crippen molar-refractivity contribution in [3.63, 3.8) is 0 Å². The number of anilines is 1. The minimum atomic E-state index is -4.12. The van der Waals surface area contributed by atoms with Crippen LogP contribution < -0.4 is 9.46 Å². The molecule has 1 heterocycles. The van der Waals surface area contributed by atoms with Gasteiger partial charge in [-0.1, -0.05) is 0 Å². The van der Waals surface area contributed by atoms with Gasteiger partial charge in [-0.15, -0.1) is 0 Å². The highest BCUT2D eigenvalue weighted by molar-refractivity contribution is 7.92. The van der Waals surface area contributed by atoms with Crippen LogP contribution in [-0.4, -0.2) is 26.6 Å². The number of carbonyl (C=O) groups is 1. The van der Waals surface area contributed by atoms with Crippen LogP contribution in [0.4, 0.5) is 10.1 Å². The number of methoxy groups -OCH3 is 1. The summed E-state index contributed by atoms with van der Waals surface area (Å²) in [6, 6.07) is 5.39. The summed E-state index contributed by atoms with van der Waals surface area (Å²) < 4.78 is 48.8. The second kappa shape index (κ2) is 5.44. The molecule has 21 heavy (non-hydrogen) atoms. The van der Waals surface area contributed by atoms with Crippen molar-refractivity contribution in [2.24, 2.45) is 0 Å². The molecule has 0 fully saturated rings. The number of furan rings is 1. The van der Waals surface area contributed by atoms with Crippen molar-refractivity contribution in [3.05, 3.63) is 41.9 Å². The van der Waals surface area contributed by atoms with Crippen molar-refractivity contribution in [3.8, 4) is 5.75 Å². The van der Waals surface area contributed by atoms with E-state index in [9.17, 15) is 17.6 Å². The molecule has 0 amide bonds. The van der Waals surface area contributed by atoms with Gasteiger partial charge in [-0.25, -0.2) is 9.18 Å². The summed E-state index contributed by atoms with van der Waals surface area (Å²) in [5, 5.41) is 8.12. The van der Waals surface area contributed by atoms with Gasteiger partial charge in [-0.05, 0) is 24.3 Å². The maximum absolute atomic E-state index is 13.2. The van der Waals surface area contributed by atoms with Gasteiger partial charge in [0.05, 0.1) is 12.8 Å². The fraction of sp³-hybridized carbons (Fsp3) is 0.0833. The molecule has 2 rings (SSSR count). The predicted molar refractivity (Wildman–Crippen MR) is 69.4 cm³/mol. The van der Waals surface area contributed by atoms with E-state index in [0.29, 0.717) is 0 Å². The third-order valence-corrected chi connectivity index (χ3v) is 3.71. The second-order valence-electron chi connectivity index (χ2n) is 3.88. The van der Waals surface area contributed by atoms with Crippen LogP contribution in [0.15, 0.2) is 39.8 Å². The van der Waals surface area contributed by atoms with Crippen molar-refractivity contribution in [1.82, 2.24) is 0 Å². The van der Waals surface area contributed by atoms with E-state index in [1.807, 2.05) is 0 Å². The molecule has 0 saturated heterocycles. The molecule has 0 atom stereocenters. The number of benzene rings is 1. The molecule has 2 N–H and O–H groups in total. The molecule has 0 aliphatic heterocycles. The highest BCUT2D eigenvalue weighted by atomic mass is 32.2. The van der Waals surface area contributed by atoms with Gasteiger partial charge in [0.2, 0.25) is 10.9 Å². The van der Waals surface area contributed by atoms with Crippen molar-refractivity contribution in [1.29, 1.82) is 0 Å². The minimum absolute atomic E-state index is 0.0431. The lowest BCUT2D eigenvalue weighted by molar-refractivity contribution is 0.0656. The summed E-state index contributed by atoms with van der Waals surface area (Å²) in [6.45, 7) is 0. The number of aromatic carboxylic acids is 1. The molecular weight excluding hydrogens is 305 g/mol. The van der Waals surface area contributed by atoms with Crippen molar-refractivity contribution < 1.29 is 31.9 Å². The first-order valence-electron chi connectivity index (χ1n) is 5.53. The zero-order valence-electron chi connectivity index (χ0n) is 10.7. The van der Waals surface area contributed by atoms with Crippen LogP contribution in [0.5, 0.6) is 5.75 Å². The molecule has 1 aromatic carbocycles. The number of carboxylic acids is 1. The van der Waals surface area contributed by atoms with E-state index in [1.165, 1.54) is 13.2 Å². The number of nitrogens with one attached hydrogen (secondary N) is 1. The zero-order chi connectivity index (χ0) is 15.6. The molecule has 0 unspecified atom stereocenters. The second-order valence-corrected chi connectivity index (χ2v) is 5.49. The molecule has 9 heteroatoms. The first kappa shape index (κ1) is 14.9. The summed E-state index contributed by atoms with van der Waals surface area (Å²) in [7, 11) is -2.88. The molecule has 0 bridgehead atoms. The topological polar surface area (TPSA) is 106 Å². The molecule has 0 aliphatic carbocycles. The summed E-state index contributed by atoms with van der Waals surface area (Å²) in [4.78, 5) is 10.7. The summed E-state index contributed by atoms with van der Waals surface area (Å²) >= 11 is 0. The van der Waals surface area contributed by atoms with E-state index in [-0.39, 0.29) is 11.4 Å². The number of sulfonamides is 1. The highest BCUT2D eigenvalue weighted by Crippen LogP contribution is 2.24. The Kier molecular flexibility index (Phi) is 3.85. The quantitative estimate of drug-likeness (QED) is 0.873. The standard InChI is InChI=1S/C12H10FNO6S/c1-19-10-6-7(2-3-8(10)13)14-21(17,18)11-5-4-9(20-11)12(15)16/h2-6,14H,1H3,(H,15,16). The predicted octanol–water partition coefficient (Wildman–Crippen LogP) is 1.93. The van der Waals surface area contributed by atoms with Crippen LogP contribution in [0.2, 0.25) is 0 Å². The SMILES string of the molecule is COc1cc(NS(=O)(=O)c2ccc(C(=O)O)o2)ccc1F. The monoisotopic (exact) mass is 315 g/mol. The van der Waals surface area contributed by atoms with Gasteiger partial charge in [0.15, 0.2) is 11.6 Å². The highest BCUT2D eigenvalue weighted by Gasteiger charge is 2.21. The lowest BCUT2D eigenvalue weighted by Crippen LogP contribution is -2.12. The maximum atomic E-state index is 13.2. The van der Waals surface area contributed by atoms with Crippen molar-refractivity contribution in [2.45, 2.75) is 5.09 Å². The molecule has 0 radical (unpaired) electrons. The molecular formula is C12H10FNO6S. The number of hydrogen-bond donors (Lipinski definition) is 2. The molecule has 112 valence electrons. The largest absolute Gasteiger partial charge is 0.494 e. The van der Waals surface area contributed by atoms with E-state index >= 15 is 0 Å². The normalized spacial score (nSPS) is 11.1. The van der Waals surface area contributed by atoms with Gasteiger partial charge in [0.1, 0.15) is 0 Å². The van der Waals surface area contributed by atoms with E-state index in [1.54, 1.807) is 0 Å². The van der Waals surface area contributed by atoms with E-state index < -0.39 is 32.7 Å². The Bertz CT molecular complexity index is 783.